The van der Waals surface area contributed by atoms with Crippen LogP contribution in [0, 0.1) is 6.92 Å². The van der Waals surface area contributed by atoms with Crippen molar-refractivity contribution >= 4 is 51.4 Å². The molecule has 142 valence electrons. The minimum Gasteiger partial charge on any atom is -0.476 e. The molecule has 3 rings (SSSR count). The highest BCUT2D eigenvalue weighted by Crippen LogP contribution is 2.39. The molecule has 2 heterocycles. The number of fused-ring (bicyclic) bond motifs is 1. The number of nitrogens with one attached hydrogen (secondary N) is 1. The summed E-state index contributed by atoms with van der Waals surface area (Å²) >= 11 is 7.15. The number of amides is 2. The van der Waals surface area contributed by atoms with Crippen molar-refractivity contribution < 1.29 is 19.1 Å². The van der Waals surface area contributed by atoms with Crippen LogP contribution in [-0.4, -0.2) is 34.7 Å². The van der Waals surface area contributed by atoms with E-state index in [1.807, 2.05) is 0 Å². The number of aryl methyl sites for hydroxylation is 1. The molecule has 0 spiro atoms. The zero-order valence-corrected chi connectivity index (χ0v) is 16.8. The molecule has 0 bridgehead atoms. The van der Waals surface area contributed by atoms with Gasteiger partial charge in [0.1, 0.15) is 12.3 Å². The topological polar surface area (TPSA) is 88.6 Å². The minimum atomic E-state index is -1.11. The number of aromatic nitrogens is 1. The highest BCUT2D eigenvalue weighted by atomic mass is 35.5. The van der Waals surface area contributed by atoms with Gasteiger partial charge in [-0.2, -0.15) is 0 Å². The van der Waals surface area contributed by atoms with E-state index in [0.717, 1.165) is 11.3 Å². The molecule has 0 aliphatic carbocycles. The van der Waals surface area contributed by atoms with Crippen LogP contribution in [0.5, 0.6) is 5.75 Å². The average Bonchev–Trinajstić information content (AvgIpc) is 2.93. The number of hydrogen-bond acceptors (Lipinski definition) is 6. The van der Waals surface area contributed by atoms with Crippen LogP contribution in [0.1, 0.15) is 36.1 Å². The highest BCUT2D eigenvalue weighted by Gasteiger charge is 2.41. The Morgan fingerprint density at radius 3 is 2.70 bits per heavy atom. The first kappa shape index (κ1) is 19.3. The largest absolute Gasteiger partial charge is 0.476 e. The van der Waals surface area contributed by atoms with E-state index in [4.69, 9.17) is 16.3 Å². The second-order valence-electron chi connectivity index (χ2n) is 6.65. The third kappa shape index (κ3) is 3.81. The van der Waals surface area contributed by atoms with E-state index in [0.29, 0.717) is 32.2 Å². The number of Topliss-reactive ketones (excluding diaryl/α,β-unsaturated/α-hetero) is 1. The van der Waals surface area contributed by atoms with Crippen molar-refractivity contribution in [1.29, 1.82) is 0 Å². The molecule has 1 aliphatic heterocycles. The van der Waals surface area contributed by atoms with Crippen LogP contribution in [0.15, 0.2) is 18.2 Å². The first-order valence-corrected chi connectivity index (χ1v) is 9.36. The summed E-state index contributed by atoms with van der Waals surface area (Å²) in [7, 11) is 0. The van der Waals surface area contributed by atoms with Gasteiger partial charge in [-0.05, 0) is 39.0 Å². The number of thiazole rings is 1. The van der Waals surface area contributed by atoms with Crippen LogP contribution in [0.4, 0.5) is 10.8 Å². The van der Waals surface area contributed by atoms with Gasteiger partial charge in [-0.1, -0.05) is 22.9 Å². The van der Waals surface area contributed by atoms with Crippen molar-refractivity contribution in [2.45, 2.75) is 33.3 Å². The maximum absolute atomic E-state index is 12.8. The van der Waals surface area contributed by atoms with Gasteiger partial charge in [-0.15, -0.1) is 0 Å². The Labute approximate surface area is 165 Å². The Hall–Kier alpha value is -2.45. The van der Waals surface area contributed by atoms with E-state index >= 15 is 0 Å². The number of benzene rings is 1. The van der Waals surface area contributed by atoms with E-state index in [1.165, 1.54) is 11.8 Å². The van der Waals surface area contributed by atoms with Crippen molar-refractivity contribution in [1.82, 2.24) is 4.98 Å². The van der Waals surface area contributed by atoms with Crippen LogP contribution < -0.4 is 15.0 Å². The lowest BCUT2D eigenvalue weighted by atomic mass is 10.0. The Balaban J connectivity index is 1.84. The van der Waals surface area contributed by atoms with Gasteiger partial charge in [-0.3, -0.25) is 19.3 Å². The van der Waals surface area contributed by atoms with Crippen LogP contribution >= 0.6 is 22.9 Å². The monoisotopic (exact) mass is 407 g/mol. The molecule has 0 unspecified atom stereocenters. The third-order valence-electron chi connectivity index (χ3n) is 4.00. The number of halogens is 1. The maximum Gasteiger partial charge on any atom is 0.271 e. The summed E-state index contributed by atoms with van der Waals surface area (Å²) < 4.78 is 5.73. The SMILES string of the molecule is CC(=O)c1sc(NC(=O)CN2C(=O)C(C)(C)Oc3ccc(Cl)cc32)nc1C. The standard InChI is InChI=1S/C18H18ClN3O4S/c1-9-15(10(2)23)27-17(20-9)21-14(24)8-22-12-7-11(19)5-6-13(12)26-18(3,4)16(22)25/h5-7H,8H2,1-4H3,(H,20,21,24). The first-order valence-electron chi connectivity index (χ1n) is 8.17. The lowest BCUT2D eigenvalue weighted by molar-refractivity contribution is -0.133. The van der Waals surface area contributed by atoms with Gasteiger partial charge in [0.25, 0.3) is 5.91 Å². The fraction of sp³-hybridized carbons (Fsp3) is 0.333. The number of ether oxygens (including phenoxy) is 1. The highest BCUT2D eigenvalue weighted by molar-refractivity contribution is 7.17. The number of hydrogen-bond donors (Lipinski definition) is 1. The van der Waals surface area contributed by atoms with Gasteiger partial charge in [0.05, 0.1) is 16.3 Å². The number of anilines is 2. The molecule has 27 heavy (non-hydrogen) atoms. The zero-order chi connectivity index (χ0) is 19.9. The average molecular weight is 408 g/mol. The van der Waals surface area contributed by atoms with Crippen molar-refractivity contribution in [3.8, 4) is 5.75 Å². The van der Waals surface area contributed by atoms with Crippen LogP contribution in [0.3, 0.4) is 0 Å². The summed E-state index contributed by atoms with van der Waals surface area (Å²) in [4.78, 5) is 42.9. The molecule has 0 atom stereocenters. The van der Waals surface area contributed by atoms with Crippen molar-refractivity contribution in [2.75, 3.05) is 16.8 Å². The number of carbonyl (C=O) groups excluding carboxylic acids is 3. The summed E-state index contributed by atoms with van der Waals surface area (Å²) in [6.45, 7) is 6.20. The molecule has 0 saturated heterocycles. The van der Waals surface area contributed by atoms with E-state index in [1.54, 1.807) is 39.0 Å². The number of rotatable bonds is 4. The summed E-state index contributed by atoms with van der Waals surface area (Å²) in [5.41, 5.74) is -0.119. The molecule has 0 saturated carbocycles. The van der Waals surface area contributed by atoms with Crippen LogP contribution in [-0.2, 0) is 9.59 Å². The van der Waals surface area contributed by atoms with E-state index in [2.05, 4.69) is 10.3 Å². The fourth-order valence-electron chi connectivity index (χ4n) is 2.78. The maximum atomic E-state index is 12.8. The van der Waals surface area contributed by atoms with Gasteiger partial charge in [0.15, 0.2) is 16.5 Å². The Morgan fingerprint density at radius 1 is 1.37 bits per heavy atom. The summed E-state index contributed by atoms with van der Waals surface area (Å²) in [6.07, 6.45) is 0. The second kappa shape index (κ2) is 6.94. The van der Waals surface area contributed by atoms with Crippen LogP contribution in [0.25, 0.3) is 0 Å². The molecule has 9 heteroatoms. The van der Waals surface area contributed by atoms with Gasteiger partial charge in [-0.25, -0.2) is 4.98 Å². The van der Waals surface area contributed by atoms with E-state index < -0.39 is 11.5 Å². The summed E-state index contributed by atoms with van der Waals surface area (Å²) in [5.74, 6) is -0.428. The van der Waals surface area contributed by atoms with E-state index in [9.17, 15) is 14.4 Å². The summed E-state index contributed by atoms with van der Waals surface area (Å²) in [5, 5.41) is 3.39. The molecule has 1 N–H and O–H groups in total. The molecular weight excluding hydrogens is 390 g/mol. The summed E-state index contributed by atoms with van der Waals surface area (Å²) in [6, 6.07) is 4.91. The Bertz CT molecular complexity index is 954. The number of carbonyl (C=O) groups is 3. The van der Waals surface area contributed by atoms with Gasteiger partial charge in [0.2, 0.25) is 5.91 Å². The van der Waals surface area contributed by atoms with Gasteiger partial charge < -0.3 is 10.1 Å². The molecule has 0 radical (unpaired) electrons. The normalized spacial score (nSPS) is 15.1. The Morgan fingerprint density at radius 2 is 2.07 bits per heavy atom. The Kier molecular flexibility index (Phi) is 4.96. The molecular formula is C18H18ClN3O4S. The zero-order valence-electron chi connectivity index (χ0n) is 15.3. The van der Waals surface area contributed by atoms with Gasteiger partial charge in [0, 0.05) is 11.9 Å². The molecule has 2 aromatic rings. The number of ketones is 1. The third-order valence-corrected chi connectivity index (χ3v) is 5.41. The predicted molar refractivity (Wildman–Crippen MR) is 104 cm³/mol. The molecule has 7 nitrogen and oxygen atoms in total. The molecule has 0 fully saturated rings. The smallest absolute Gasteiger partial charge is 0.271 e. The number of nitrogens with zero attached hydrogens (tertiary/aromatic N) is 2. The lowest BCUT2D eigenvalue weighted by Crippen LogP contribution is -2.54. The van der Waals surface area contributed by atoms with Gasteiger partial charge >= 0.3 is 0 Å². The van der Waals surface area contributed by atoms with E-state index in [-0.39, 0.29) is 18.2 Å². The fourth-order valence-corrected chi connectivity index (χ4v) is 3.82. The van der Waals surface area contributed by atoms with Crippen molar-refractivity contribution in [3.63, 3.8) is 0 Å². The minimum absolute atomic E-state index is 0.112. The van der Waals surface area contributed by atoms with Crippen LogP contribution in [0.2, 0.25) is 5.02 Å². The van der Waals surface area contributed by atoms with Crippen molar-refractivity contribution in [3.05, 3.63) is 33.8 Å². The second-order valence-corrected chi connectivity index (χ2v) is 8.09. The lowest BCUT2D eigenvalue weighted by Gasteiger charge is -2.38. The first-order chi connectivity index (χ1) is 12.6. The quantitative estimate of drug-likeness (QED) is 0.784. The molecule has 1 aromatic heterocycles. The molecule has 1 aliphatic rings. The predicted octanol–water partition coefficient (Wildman–Crippen LogP) is 3.45. The van der Waals surface area contributed by atoms with Crippen molar-refractivity contribution in [2.24, 2.45) is 0 Å². The molecule has 2 amide bonds. The molecule has 1 aromatic carbocycles.